The number of fused-ring (bicyclic) bond motifs is 1. The summed E-state index contributed by atoms with van der Waals surface area (Å²) in [7, 11) is 0. The van der Waals surface area contributed by atoms with Crippen molar-refractivity contribution in [3.05, 3.63) is 34.3 Å². The van der Waals surface area contributed by atoms with Crippen LogP contribution in [0.25, 0.3) is 10.6 Å². The first kappa shape index (κ1) is 18.3. The fraction of sp³-hybridized carbons (Fsp3) is 0.333. The minimum atomic E-state index is -3.67. The van der Waals surface area contributed by atoms with Gasteiger partial charge in [-0.3, -0.25) is 4.79 Å². The van der Waals surface area contributed by atoms with E-state index >= 15 is 0 Å². The molecule has 1 aliphatic carbocycles. The van der Waals surface area contributed by atoms with Crippen molar-refractivity contribution in [2.24, 2.45) is 5.92 Å². The Morgan fingerprint density at radius 1 is 1.25 bits per heavy atom. The van der Waals surface area contributed by atoms with E-state index in [0.717, 1.165) is 29.9 Å². The van der Waals surface area contributed by atoms with E-state index in [0.29, 0.717) is 17.0 Å². The van der Waals surface area contributed by atoms with Gasteiger partial charge >= 0.3 is 6.68 Å². The largest absolute Gasteiger partial charge is 0.505 e. The summed E-state index contributed by atoms with van der Waals surface area (Å²) < 4.78 is 56.2. The van der Waals surface area contributed by atoms with Crippen LogP contribution in [0.15, 0.2) is 12.1 Å². The number of hydrogen-bond donors (Lipinski definition) is 1. The summed E-state index contributed by atoms with van der Waals surface area (Å²) in [4.78, 5) is 16.8. The van der Waals surface area contributed by atoms with Gasteiger partial charge in [-0.05, 0) is 18.9 Å². The number of Topliss-reactive ketones (excluding diaryl/α,β-unsaturated/α-hetero) is 1. The molecule has 130 valence electrons. The molecule has 0 fully saturated rings. The van der Waals surface area contributed by atoms with Gasteiger partial charge in [0.1, 0.15) is 10.8 Å². The predicted octanol–water partition coefficient (Wildman–Crippen LogP) is 4.74. The Labute approximate surface area is 137 Å². The predicted molar refractivity (Wildman–Crippen MR) is 78.1 cm³/mol. The van der Waals surface area contributed by atoms with Gasteiger partial charge in [0.2, 0.25) is 0 Å². The number of carbonyl (C=O) groups excluding carboxylic acids is 1. The minimum Gasteiger partial charge on any atom is -0.505 e. The molecule has 0 saturated carbocycles. The molecule has 1 aromatic heterocycles. The zero-order chi connectivity index (χ0) is 18.0. The maximum atomic E-state index is 13.8. The maximum absolute atomic E-state index is 13.8. The second-order valence-electron chi connectivity index (χ2n) is 5.13. The SMILES string of the molecule is CC1CCc2nc(-c3cc(F)c(O)cc3F)sc2C1=O.FC(F)F. The lowest BCUT2D eigenvalue weighted by Gasteiger charge is -2.14. The summed E-state index contributed by atoms with van der Waals surface area (Å²) in [5, 5.41) is 9.40. The highest BCUT2D eigenvalue weighted by atomic mass is 32.1. The molecule has 0 spiro atoms. The lowest BCUT2D eigenvalue weighted by molar-refractivity contribution is 0.00818. The zero-order valence-corrected chi connectivity index (χ0v) is 13.1. The van der Waals surface area contributed by atoms with Gasteiger partial charge in [-0.15, -0.1) is 11.3 Å². The molecule has 0 aliphatic heterocycles. The van der Waals surface area contributed by atoms with Crippen molar-refractivity contribution in [1.82, 2.24) is 4.98 Å². The van der Waals surface area contributed by atoms with Crippen LogP contribution in [0.3, 0.4) is 0 Å². The highest BCUT2D eigenvalue weighted by Crippen LogP contribution is 2.36. The van der Waals surface area contributed by atoms with Gasteiger partial charge in [-0.25, -0.2) is 13.8 Å². The molecule has 0 bridgehead atoms. The number of carbonyl (C=O) groups is 1. The first-order valence-corrected chi connectivity index (χ1v) is 7.66. The molecule has 0 radical (unpaired) electrons. The van der Waals surface area contributed by atoms with Crippen LogP contribution in [0.5, 0.6) is 5.75 Å². The second kappa shape index (κ2) is 7.25. The summed E-state index contributed by atoms with van der Waals surface area (Å²) in [5.74, 6) is -2.45. The minimum absolute atomic E-state index is 0.00894. The number of rotatable bonds is 1. The van der Waals surface area contributed by atoms with E-state index in [4.69, 9.17) is 5.11 Å². The normalized spacial score (nSPS) is 16.6. The summed E-state index contributed by atoms with van der Waals surface area (Å²) >= 11 is 1.08. The van der Waals surface area contributed by atoms with Crippen molar-refractivity contribution >= 4 is 17.1 Å². The van der Waals surface area contributed by atoms with Gasteiger partial charge in [-0.2, -0.15) is 13.2 Å². The maximum Gasteiger partial charge on any atom is 0.379 e. The topological polar surface area (TPSA) is 50.2 Å². The summed E-state index contributed by atoms with van der Waals surface area (Å²) in [6, 6.07) is 1.62. The van der Waals surface area contributed by atoms with Gasteiger partial charge in [0.05, 0.1) is 10.6 Å². The number of aromatic nitrogens is 1. The third-order valence-electron chi connectivity index (χ3n) is 3.45. The van der Waals surface area contributed by atoms with E-state index in [1.807, 2.05) is 6.92 Å². The molecule has 2 aromatic rings. The molecule has 1 aliphatic rings. The fourth-order valence-electron chi connectivity index (χ4n) is 2.24. The lowest BCUT2D eigenvalue weighted by Crippen LogP contribution is -2.18. The van der Waals surface area contributed by atoms with Crippen LogP contribution in [-0.4, -0.2) is 22.6 Å². The third kappa shape index (κ3) is 3.89. The van der Waals surface area contributed by atoms with Gasteiger partial charge in [0, 0.05) is 17.5 Å². The molecule has 1 aromatic carbocycles. The van der Waals surface area contributed by atoms with Crippen LogP contribution >= 0.6 is 11.3 Å². The number of thiazole rings is 1. The van der Waals surface area contributed by atoms with E-state index < -0.39 is 24.1 Å². The number of alkyl halides is 3. The molecule has 0 saturated heterocycles. The monoisotopic (exact) mass is 365 g/mol. The van der Waals surface area contributed by atoms with Crippen LogP contribution < -0.4 is 0 Å². The van der Waals surface area contributed by atoms with E-state index in [9.17, 15) is 26.7 Å². The quantitative estimate of drug-likeness (QED) is 0.743. The molecule has 3 rings (SSSR count). The molecular weight excluding hydrogens is 353 g/mol. The smallest absolute Gasteiger partial charge is 0.379 e. The number of ketones is 1. The van der Waals surface area contributed by atoms with E-state index in [1.54, 1.807) is 0 Å². The highest BCUT2D eigenvalue weighted by molar-refractivity contribution is 7.17. The number of halogens is 5. The van der Waals surface area contributed by atoms with Gasteiger partial charge < -0.3 is 5.11 Å². The summed E-state index contributed by atoms with van der Waals surface area (Å²) in [5.41, 5.74) is 0.626. The average Bonchev–Trinajstić information content (AvgIpc) is 2.91. The Morgan fingerprint density at radius 3 is 2.50 bits per heavy atom. The second-order valence-corrected chi connectivity index (χ2v) is 6.13. The Hall–Kier alpha value is -2.03. The number of aromatic hydroxyl groups is 1. The van der Waals surface area contributed by atoms with Gasteiger partial charge in [0.15, 0.2) is 17.3 Å². The molecule has 1 heterocycles. The Kier molecular flexibility index (Phi) is 5.53. The Morgan fingerprint density at radius 2 is 1.88 bits per heavy atom. The number of nitrogens with zero attached hydrogens (tertiary/aromatic N) is 1. The van der Waals surface area contributed by atoms with Crippen molar-refractivity contribution in [2.45, 2.75) is 26.4 Å². The lowest BCUT2D eigenvalue weighted by atomic mass is 9.92. The average molecular weight is 365 g/mol. The third-order valence-corrected chi connectivity index (χ3v) is 4.60. The first-order valence-electron chi connectivity index (χ1n) is 6.85. The number of phenols is 1. The molecule has 1 N–H and O–H groups in total. The number of phenolic OH excluding ortho intramolecular Hbond substituents is 1. The first-order chi connectivity index (χ1) is 11.2. The van der Waals surface area contributed by atoms with Crippen LogP contribution in [0.2, 0.25) is 0 Å². The summed E-state index contributed by atoms with van der Waals surface area (Å²) in [6.07, 6.45) is 1.39. The number of aryl methyl sites for hydroxylation is 1. The molecule has 1 atom stereocenters. The standard InChI is InChI=1S/C14H11F2NO2S.CHF3/c1-6-2-3-10-13(12(6)19)20-14(17-10)7-4-9(16)11(18)5-8(7)15;2-1(3)4/h4-6,18H,2-3H2,1H3;1H. The van der Waals surface area contributed by atoms with Crippen molar-refractivity contribution in [1.29, 1.82) is 0 Å². The molecular formula is C15H12F5NO2S. The highest BCUT2D eigenvalue weighted by Gasteiger charge is 2.28. The van der Waals surface area contributed by atoms with Crippen molar-refractivity contribution in [2.75, 3.05) is 0 Å². The number of benzene rings is 1. The molecule has 3 nitrogen and oxygen atoms in total. The van der Waals surface area contributed by atoms with Gasteiger partial charge in [-0.1, -0.05) is 6.92 Å². The van der Waals surface area contributed by atoms with Crippen molar-refractivity contribution in [3.8, 4) is 16.3 Å². The molecule has 0 amide bonds. The molecule has 9 heteroatoms. The Balaban J connectivity index is 0.000000471. The van der Waals surface area contributed by atoms with Crippen LogP contribution in [0.1, 0.15) is 28.7 Å². The van der Waals surface area contributed by atoms with Crippen molar-refractivity contribution in [3.63, 3.8) is 0 Å². The molecule has 24 heavy (non-hydrogen) atoms. The van der Waals surface area contributed by atoms with Gasteiger partial charge in [0.25, 0.3) is 0 Å². The zero-order valence-electron chi connectivity index (χ0n) is 12.3. The summed E-state index contributed by atoms with van der Waals surface area (Å²) in [6.45, 7) is -1.81. The van der Waals surface area contributed by atoms with Crippen molar-refractivity contribution < 1.29 is 31.9 Å². The van der Waals surface area contributed by atoms with Crippen LogP contribution in [0, 0.1) is 17.6 Å². The van der Waals surface area contributed by atoms with Crippen LogP contribution in [0.4, 0.5) is 22.0 Å². The van der Waals surface area contributed by atoms with E-state index in [1.165, 1.54) is 0 Å². The Bertz CT molecular complexity index is 760. The van der Waals surface area contributed by atoms with E-state index in [-0.39, 0.29) is 22.3 Å². The van der Waals surface area contributed by atoms with E-state index in [2.05, 4.69) is 4.98 Å². The van der Waals surface area contributed by atoms with Crippen LogP contribution in [-0.2, 0) is 6.42 Å². The molecule has 1 unspecified atom stereocenters. The fourth-order valence-corrected chi connectivity index (χ4v) is 3.42. The number of hydrogen-bond acceptors (Lipinski definition) is 4.